The Bertz CT molecular complexity index is 549. The summed E-state index contributed by atoms with van der Waals surface area (Å²) in [6.07, 6.45) is 3.89. The van der Waals surface area contributed by atoms with Crippen LogP contribution in [0.3, 0.4) is 0 Å². The molecule has 1 aromatic carbocycles. The van der Waals surface area contributed by atoms with Crippen molar-refractivity contribution in [1.82, 2.24) is 4.90 Å². The molecule has 1 aliphatic carbocycles. The van der Waals surface area contributed by atoms with Crippen LogP contribution in [-0.4, -0.2) is 34.6 Å². The summed E-state index contributed by atoms with van der Waals surface area (Å²) in [4.78, 5) is 14.2. The zero-order valence-corrected chi connectivity index (χ0v) is 11.8. The molecule has 5 heteroatoms. The molecule has 2 fully saturated rings. The van der Waals surface area contributed by atoms with Gasteiger partial charge >= 0.3 is 0 Å². The number of rotatable bonds is 2. The highest BCUT2D eigenvalue weighted by Crippen LogP contribution is 2.36. The Labute approximate surface area is 122 Å². The van der Waals surface area contributed by atoms with Gasteiger partial charge in [0.1, 0.15) is 0 Å². The van der Waals surface area contributed by atoms with Crippen molar-refractivity contribution >= 4 is 5.91 Å². The first-order valence-corrected chi connectivity index (χ1v) is 7.52. The second-order valence-corrected chi connectivity index (χ2v) is 5.97. The summed E-state index contributed by atoms with van der Waals surface area (Å²) in [6, 6.07) is 3.62. The lowest BCUT2D eigenvalue weighted by atomic mass is 9.93. The summed E-state index contributed by atoms with van der Waals surface area (Å²) in [5.41, 5.74) is -0.214. The van der Waals surface area contributed by atoms with Crippen molar-refractivity contribution in [3.05, 3.63) is 35.4 Å². The Morgan fingerprint density at radius 2 is 2.00 bits per heavy atom. The number of carbonyl (C=O) groups is 1. The van der Waals surface area contributed by atoms with Gasteiger partial charge in [0.2, 0.25) is 0 Å². The van der Waals surface area contributed by atoms with E-state index in [0.29, 0.717) is 6.54 Å². The SMILES string of the molecule is O=C(c1cccc(F)c1F)N1CCCC1C1CCCC1O. The van der Waals surface area contributed by atoms with Crippen LogP contribution in [0.15, 0.2) is 18.2 Å². The first kappa shape index (κ1) is 14.4. The molecule has 3 rings (SSSR count). The van der Waals surface area contributed by atoms with Gasteiger partial charge in [-0.15, -0.1) is 0 Å². The Balaban J connectivity index is 1.84. The second-order valence-electron chi connectivity index (χ2n) is 5.97. The van der Waals surface area contributed by atoms with Crippen molar-refractivity contribution in [2.75, 3.05) is 6.54 Å². The molecule has 1 N–H and O–H groups in total. The number of amides is 1. The van der Waals surface area contributed by atoms with Crippen LogP contribution in [0.2, 0.25) is 0 Å². The van der Waals surface area contributed by atoms with Gasteiger partial charge in [-0.2, -0.15) is 0 Å². The Kier molecular flexibility index (Phi) is 3.93. The van der Waals surface area contributed by atoms with Gasteiger partial charge in [-0.25, -0.2) is 8.78 Å². The summed E-state index contributed by atoms with van der Waals surface area (Å²) in [7, 11) is 0. The lowest BCUT2D eigenvalue weighted by Gasteiger charge is -2.31. The van der Waals surface area contributed by atoms with Gasteiger partial charge in [-0.3, -0.25) is 4.79 Å². The first-order valence-electron chi connectivity index (χ1n) is 7.52. The van der Waals surface area contributed by atoms with Crippen LogP contribution in [-0.2, 0) is 0 Å². The molecule has 0 bridgehead atoms. The molecule has 21 heavy (non-hydrogen) atoms. The number of hydrogen-bond donors (Lipinski definition) is 1. The molecule has 3 nitrogen and oxygen atoms in total. The lowest BCUT2D eigenvalue weighted by Crippen LogP contribution is -2.42. The summed E-state index contributed by atoms with van der Waals surface area (Å²) in [5, 5.41) is 10.0. The van der Waals surface area contributed by atoms with E-state index >= 15 is 0 Å². The minimum atomic E-state index is -1.08. The van der Waals surface area contributed by atoms with Crippen molar-refractivity contribution in [2.24, 2.45) is 5.92 Å². The molecular weight excluding hydrogens is 276 g/mol. The number of nitrogens with zero attached hydrogens (tertiary/aromatic N) is 1. The average Bonchev–Trinajstić information content (AvgIpc) is 3.09. The first-order chi connectivity index (χ1) is 10.1. The molecule has 1 aromatic rings. The van der Waals surface area contributed by atoms with Gasteiger partial charge in [0, 0.05) is 18.5 Å². The van der Waals surface area contributed by atoms with E-state index in [1.165, 1.54) is 12.1 Å². The molecule has 1 saturated carbocycles. The van der Waals surface area contributed by atoms with E-state index in [-0.39, 0.29) is 23.6 Å². The smallest absolute Gasteiger partial charge is 0.257 e. The average molecular weight is 295 g/mol. The van der Waals surface area contributed by atoms with Crippen LogP contribution < -0.4 is 0 Å². The Hall–Kier alpha value is -1.49. The van der Waals surface area contributed by atoms with E-state index in [1.54, 1.807) is 4.90 Å². The summed E-state index contributed by atoms with van der Waals surface area (Å²) >= 11 is 0. The molecule has 1 heterocycles. The largest absolute Gasteiger partial charge is 0.393 e. The molecular formula is C16H19F2NO2. The molecule has 3 atom stereocenters. The second kappa shape index (κ2) is 5.72. The summed E-state index contributed by atoms with van der Waals surface area (Å²) < 4.78 is 27.1. The van der Waals surface area contributed by atoms with Crippen molar-refractivity contribution in [2.45, 2.75) is 44.2 Å². The van der Waals surface area contributed by atoms with Crippen LogP contribution >= 0.6 is 0 Å². The highest BCUT2D eigenvalue weighted by atomic mass is 19.2. The highest BCUT2D eigenvalue weighted by Gasteiger charge is 2.40. The minimum Gasteiger partial charge on any atom is -0.393 e. The van der Waals surface area contributed by atoms with Gasteiger partial charge in [0.15, 0.2) is 11.6 Å². The maximum atomic E-state index is 13.8. The van der Waals surface area contributed by atoms with Gasteiger partial charge in [0.25, 0.3) is 5.91 Å². The quantitative estimate of drug-likeness (QED) is 0.911. The molecule has 1 amide bonds. The van der Waals surface area contributed by atoms with E-state index in [1.807, 2.05) is 0 Å². The molecule has 114 valence electrons. The van der Waals surface area contributed by atoms with Crippen LogP contribution in [0.25, 0.3) is 0 Å². The number of benzene rings is 1. The van der Waals surface area contributed by atoms with Crippen LogP contribution in [0.4, 0.5) is 8.78 Å². The van der Waals surface area contributed by atoms with Gasteiger partial charge in [-0.05, 0) is 37.8 Å². The number of likely N-dealkylation sites (tertiary alicyclic amines) is 1. The molecule has 1 saturated heterocycles. The Morgan fingerprint density at radius 3 is 2.71 bits per heavy atom. The number of aliphatic hydroxyl groups excluding tert-OH is 1. The van der Waals surface area contributed by atoms with Crippen molar-refractivity contribution < 1.29 is 18.7 Å². The van der Waals surface area contributed by atoms with Crippen LogP contribution in [0, 0.1) is 17.6 Å². The fraction of sp³-hybridized carbons (Fsp3) is 0.562. The minimum absolute atomic E-state index is 0.0577. The number of aliphatic hydroxyl groups is 1. The van der Waals surface area contributed by atoms with Crippen LogP contribution in [0.5, 0.6) is 0 Å². The molecule has 0 spiro atoms. The number of hydrogen-bond acceptors (Lipinski definition) is 2. The third-order valence-corrected chi connectivity index (χ3v) is 4.77. The van der Waals surface area contributed by atoms with Gasteiger partial charge < -0.3 is 10.0 Å². The maximum absolute atomic E-state index is 13.8. The standard InChI is InChI=1S/C16H19F2NO2/c17-12-6-1-5-11(15(12)18)16(21)19-9-3-7-13(19)10-4-2-8-14(10)20/h1,5-6,10,13-14,20H,2-4,7-9H2. The van der Waals surface area contributed by atoms with Gasteiger partial charge in [0.05, 0.1) is 11.7 Å². The maximum Gasteiger partial charge on any atom is 0.257 e. The number of carbonyl (C=O) groups excluding carboxylic acids is 1. The monoisotopic (exact) mass is 295 g/mol. The zero-order valence-electron chi connectivity index (χ0n) is 11.8. The third kappa shape index (κ3) is 2.55. The zero-order chi connectivity index (χ0) is 15.0. The highest BCUT2D eigenvalue weighted by molar-refractivity contribution is 5.95. The lowest BCUT2D eigenvalue weighted by molar-refractivity contribution is 0.0523. The predicted octanol–water partition coefficient (Wildman–Crippen LogP) is 2.73. The van der Waals surface area contributed by atoms with E-state index in [2.05, 4.69) is 0 Å². The third-order valence-electron chi connectivity index (χ3n) is 4.77. The van der Waals surface area contributed by atoms with Gasteiger partial charge in [-0.1, -0.05) is 12.5 Å². The fourth-order valence-electron chi connectivity index (χ4n) is 3.73. The molecule has 1 aliphatic heterocycles. The van der Waals surface area contributed by atoms with Crippen LogP contribution in [0.1, 0.15) is 42.5 Å². The van der Waals surface area contributed by atoms with Crippen molar-refractivity contribution in [3.63, 3.8) is 0 Å². The molecule has 3 unspecified atom stereocenters. The Morgan fingerprint density at radius 1 is 1.19 bits per heavy atom. The predicted molar refractivity (Wildman–Crippen MR) is 73.8 cm³/mol. The molecule has 0 radical (unpaired) electrons. The van der Waals surface area contributed by atoms with E-state index in [4.69, 9.17) is 0 Å². The van der Waals surface area contributed by atoms with E-state index in [9.17, 15) is 18.7 Å². The van der Waals surface area contributed by atoms with E-state index in [0.717, 1.165) is 38.2 Å². The fourth-order valence-corrected chi connectivity index (χ4v) is 3.73. The topological polar surface area (TPSA) is 40.5 Å². The molecule has 2 aliphatic rings. The van der Waals surface area contributed by atoms with E-state index < -0.39 is 17.5 Å². The normalized spacial score (nSPS) is 29.1. The van der Waals surface area contributed by atoms with Crippen molar-refractivity contribution in [1.29, 1.82) is 0 Å². The van der Waals surface area contributed by atoms with Crippen molar-refractivity contribution in [3.8, 4) is 0 Å². The number of halogens is 2. The summed E-state index contributed by atoms with van der Waals surface area (Å²) in [6.45, 7) is 0.544. The summed E-state index contributed by atoms with van der Waals surface area (Å²) in [5.74, 6) is -2.49. The molecule has 0 aromatic heterocycles.